The van der Waals surface area contributed by atoms with Crippen molar-refractivity contribution in [2.75, 3.05) is 18.8 Å². The second kappa shape index (κ2) is 6.91. The van der Waals surface area contributed by atoms with Crippen LogP contribution in [0.25, 0.3) is 11.2 Å². The Bertz CT molecular complexity index is 851. The Morgan fingerprint density at radius 1 is 1.07 bits per heavy atom. The molecule has 1 aliphatic carbocycles. The Hall–Kier alpha value is -1.81. The fraction of sp³-hybridized carbons (Fsp3) is 0.737. The number of nitrogens with two attached hydrogens (primary N) is 1. The molecule has 2 aliphatic heterocycles. The molecule has 0 aromatic carbocycles. The largest absolute Gasteiger partial charge is 0.387 e. The summed E-state index contributed by atoms with van der Waals surface area (Å²) in [6.45, 7) is 1.67. The van der Waals surface area contributed by atoms with Crippen LogP contribution in [-0.2, 0) is 4.74 Å². The van der Waals surface area contributed by atoms with Crippen LogP contribution in [0.4, 0.5) is 5.82 Å². The molecule has 28 heavy (non-hydrogen) atoms. The number of nitrogen functional groups attached to an aromatic ring is 1. The summed E-state index contributed by atoms with van der Waals surface area (Å²) in [5.41, 5.74) is 7.08. The lowest BCUT2D eigenvalue weighted by Gasteiger charge is -2.43. The summed E-state index contributed by atoms with van der Waals surface area (Å²) in [4.78, 5) is 14.9. The lowest BCUT2D eigenvalue weighted by Crippen LogP contribution is -2.50. The molecule has 2 aromatic heterocycles. The maximum Gasteiger partial charge on any atom is 0.167 e. The number of rotatable bonds is 3. The first kappa shape index (κ1) is 18.2. The Balaban J connectivity index is 1.37. The third-order valence-electron chi connectivity index (χ3n) is 6.92. The highest BCUT2D eigenvalue weighted by molar-refractivity contribution is 5.81. The van der Waals surface area contributed by atoms with Gasteiger partial charge in [-0.1, -0.05) is 19.3 Å². The molecule has 9 heteroatoms. The minimum absolute atomic E-state index is 0.258. The summed E-state index contributed by atoms with van der Waals surface area (Å²) in [6.07, 6.45) is 8.44. The third-order valence-corrected chi connectivity index (χ3v) is 6.92. The predicted octanol–water partition coefficient (Wildman–Crippen LogP) is 0.826. The highest BCUT2D eigenvalue weighted by Gasteiger charge is 2.48. The average Bonchev–Trinajstić information content (AvgIpc) is 3.37. The molecule has 9 nitrogen and oxygen atoms in total. The van der Waals surface area contributed by atoms with E-state index < -0.39 is 24.5 Å². The van der Waals surface area contributed by atoms with Crippen molar-refractivity contribution in [2.45, 2.75) is 75.0 Å². The van der Waals surface area contributed by atoms with Gasteiger partial charge in [-0.15, -0.1) is 0 Å². The Morgan fingerprint density at radius 2 is 1.86 bits per heavy atom. The van der Waals surface area contributed by atoms with Crippen LogP contribution < -0.4 is 5.73 Å². The van der Waals surface area contributed by atoms with E-state index in [0.29, 0.717) is 17.7 Å². The summed E-state index contributed by atoms with van der Waals surface area (Å²) in [6, 6.07) is 0. The van der Waals surface area contributed by atoms with E-state index in [1.54, 1.807) is 4.57 Å². The standard InChI is InChI=1S/C19H28N6O3/c20-16-13-17(22-10-21-16)25(11-23-13)18-15(27)14(26)12(28-18)9-24-8-4-7-19(24)5-2-1-3-6-19/h10-12,14-15,18,26-27H,1-9H2,(H2,20,21,22)/t12-,14-,15-,18-/m1/s1. The van der Waals surface area contributed by atoms with Crippen molar-refractivity contribution in [1.29, 1.82) is 0 Å². The molecule has 2 aromatic rings. The molecule has 4 atom stereocenters. The van der Waals surface area contributed by atoms with Gasteiger partial charge >= 0.3 is 0 Å². The SMILES string of the molecule is Nc1ncnc2c1ncn2[C@@H]1O[C@H](CN2CCCC23CCCCC3)[C@@H](O)[C@H]1O. The second-order valence-electron chi connectivity index (χ2n) is 8.46. The highest BCUT2D eigenvalue weighted by Crippen LogP contribution is 2.43. The van der Waals surface area contributed by atoms with Crippen molar-refractivity contribution in [3.8, 4) is 0 Å². The van der Waals surface area contributed by atoms with E-state index in [4.69, 9.17) is 10.5 Å². The number of fused-ring (bicyclic) bond motifs is 1. The monoisotopic (exact) mass is 388 g/mol. The van der Waals surface area contributed by atoms with Gasteiger partial charge in [0.25, 0.3) is 0 Å². The van der Waals surface area contributed by atoms with Gasteiger partial charge in [0.2, 0.25) is 0 Å². The zero-order valence-corrected chi connectivity index (χ0v) is 15.9. The number of aliphatic hydroxyl groups is 2. The number of likely N-dealkylation sites (tertiary alicyclic amines) is 1. The third kappa shape index (κ3) is 2.80. The number of ether oxygens (including phenoxy) is 1. The van der Waals surface area contributed by atoms with E-state index >= 15 is 0 Å². The molecule has 4 N–H and O–H groups in total. The Labute approximate surface area is 163 Å². The number of hydrogen-bond acceptors (Lipinski definition) is 8. The van der Waals surface area contributed by atoms with Crippen molar-refractivity contribution in [3.63, 3.8) is 0 Å². The van der Waals surface area contributed by atoms with Crippen molar-refractivity contribution in [2.24, 2.45) is 0 Å². The molecular formula is C19H28N6O3. The molecule has 152 valence electrons. The molecule has 3 fully saturated rings. The lowest BCUT2D eigenvalue weighted by molar-refractivity contribution is -0.0551. The number of nitrogens with zero attached hydrogens (tertiary/aromatic N) is 5. The fourth-order valence-corrected chi connectivity index (χ4v) is 5.44. The van der Waals surface area contributed by atoms with Gasteiger partial charge in [0, 0.05) is 12.1 Å². The second-order valence-corrected chi connectivity index (χ2v) is 8.46. The van der Waals surface area contributed by atoms with Gasteiger partial charge in [0.15, 0.2) is 17.7 Å². The number of aromatic nitrogens is 4. The average molecular weight is 388 g/mol. The summed E-state index contributed by atoms with van der Waals surface area (Å²) in [5, 5.41) is 21.4. The first-order chi connectivity index (χ1) is 13.6. The molecule has 1 saturated carbocycles. The Morgan fingerprint density at radius 3 is 2.68 bits per heavy atom. The molecule has 4 heterocycles. The van der Waals surface area contributed by atoms with E-state index in [1.807, 2.05) is 0 Å². The van der Waals surface area contributed by atoms with Crippen LogP contribution >= 0.6 is 0 Å². The molecule has 0 radical (unpaired) electrons. The summed E-state index contributed by atoms with van der Waals surface area (Å²) in [5.74, 6) is 0.282. The van der Waals surface area contributed by atoms with Gasteiger partial charge < -0.3 is 20.7 Å². The molecule has 1 spiro atoms. The topological polar surface area (TPSA) is 123 Å². The molecule has 5 rings (SSSR count). The van der Waals surface area contributed by atoms with Crippen LogP contribution in [0, 0.1) is 0 Å². The van der Waals surface area contributed by atoms with Crippen LogP contribution in [0.3, 0.4) is 0 Å². The van der Waals surface area contributed by atoms with Crippen molar-refractivity contribution in [3.05, 3.63) is 12.7 Å². The van der Waals surface area contributed by atoms with E-state index in [2.05, 4.69) is 19.9 Å². The van der Waals surface area contributed by atoms with E-state index in [-0.39, 0.29) is 11.4 Å². The summed E-state index contributed by atoms with van der Waals surface area (Å²) >= 11 is 0. The first-order valence-electron chi connectivity index (χ1n) is 10.3. The van der Waals surface area contributed by atoms with Crippen LogP contribution in [0.5, 0.6) is 0 Å². The molecule has 2 saturated heterocycles. The van der Waals surface area contributed by atoms with Crippen LogP contribution in [0.1, 0.15) is 51.2 Å². The van der Waals surface area contributed by atoms with Gasteiger partial charge in [-0.25, -0.2) is 15.0 Å². The predicted molar refractivity (Wildman–Crippen MR) is 102 cm³/mol. The molecule has 3 aliphatic rings. The molecular weight excluding hydrogens is 360 g/mol. The van der Waals surface area contributed by atoms with Crippen molar-refractivity contribution >= 4 is 17.0 Å². The smallest absolute Gasteiger partial charge is 0.167 e. The lowest BCUT2D eigenvalue weighted by atomic mass is 9.79. The zero-order chi connectivity index (χ0) is 19.3. The quantitative estimate of drug-likeness (QED) is 0.706. The summed E-state index contributed by atoms with van der Waals surface area (Å²) < 4.78 is 7.79. The van der Waals surface area contributed by atoms with Gasteiger partial charge in [0.1, 0.15) is 30.2 Å². The minimum Gasteiger partial charge on any atom is -0.387 e. The van der Waals surface area contributed by atoms with E-state index in [9.17, 15) is 10.2 Å². The van der Waals surface area contributed by atoms with Crippen LogP contribution in [0.2, 0.25) is 0 Å². The first-order valence-corrected chi connectivity index (χ1v) is 10.3. The normalized spacial score (nSPS) is 33.2. The van der Waals surface area contributed by atoms with E-state index in [0.717, 1.165) is 6.54 Å². The van der Waals surface area contributed by atoms with Crippen molar-refractivity contribution in [1.82, 2.24) is 24.4 Å². The summed E-state index contributed by atoms with van der Waals surface area (Å²) in [7, 11) is 0. The number of anilines is 1. The van der Waals surface area contributed by atoms with Gasteiger partial charge in [-0.2, -0.15) is 0 Å². The highest BCUT2D eigenvalue weighted by atomic mass is 16.6. The van der Waals surface area contributed by atoms with Gasteiger partial charge in [0.05, 0.1) is 6.33 Å². The maximum atomic E-state index is 10.7. The zero-order valence-electron chi connectivity index (χ0n) is 15.9. The number of aliphatic hydroxyl groups excluding tert-OH is 2. The fourth-order valence-electron chi connectivity index (χ4n) is 5.44. The number of imidazole rings is 1. The van der Waals surface area contributed by atoms with Crippen molar-refractivity contribution < 1.29 is 14.9 Å². The molecule has 0 amide bonds. The van der Waals surface area contributed by atoms with E-state index in [1.165, 1.54) is 57.6 Å². The minimum atomic E-state index is -1.05. The van der Waals surface area contributed by atoms with Crippen LogP contribution in [-0.4, -0.2) is 71.6 Å². The van der Waals surface area contributed by atoms with Gasteiger partial charge in [-0.3, -0.25) is 9.47 Å². The molecule has 0 bridgehead atoms. The number of hydrogen-bond donors (Lipinski definition) is 3. The van der Waals surface area contributed by atoms with Crippen LogP contribution in [0.15, 0.2) is 12.7 Å². The maximum absolute atomic E-state index is 10.7. The Kier molecular flexibility index (Phi) is 4.50. The van der Waals surface area contributed by atoms with Gasteiger partial charge in [-0.05, 0) is 32.2 Å². The molecule has 0 unspecified atom stereocenters.